The van der Waals surface area contributed by atoms with Gasteiger partial charge in [0.05, 0.1) is 4.92 Å². The van der Waals surface area contributed by atoms with E-state index in [9.17, 15) is 14.5 Å². The number of nitrogens with zero attached hydrogens (tertiary/aromatic N) is 1. The van der Waals surface area contributed by atoms with Crippen molar-refractivity contribution >= 4 is 5.69 Å². The number of halogens is 1. The molecule has 4 nitrogen and oxygen atoms in total. The van der Waals surface area contributed by atoms with Crippen LogP contribution in [0, 0.1) is 16.0 Å². The number of hydrogen-bond acceptors (Lipinski definition) is 3. The van der Waals surface area contributed by atoms with Crippen molar-refractivity contribution in [3.05, 3.63) is 34.4 Å². The molecule has 0 radical (unpaired) electrons. The monoisotopic (exact) mass is 241 g/mol. The highest BCUT2D eigenvalue weighted by molar-refractivity contribution is 5.35. The van der Waals surface area contributed by atoms with E-state index in [0.29, 0.717) is 12.2 Å². The molecule has 94 valence electrons. The lowest BCUT2D eigenvalue weighted by atomic mass is 10.1. The number of nitro benzene ring substituents is 1. The van der Waals surface area contributed by atoms with Crippen LogP contribution in [0.15, 0.2) is 24.3 Å². The van der Waals surface area contributed by atoms with Gasteiger partial charge in [-0.25, -0.2) is 4.39 Å². The summed E-state index contributed by atoms with van der Waals surface area (Å²) < 4.78 is 18.5. The van der Waals surface area contributed by atoms with Gasteiger partial charge in [0.1, 0.15) is 18.5 Å². The number of benzene rings is 1. The second-order valence-electron chi connectivity index (χ2n) is 4.29. The average Bonchev–Trinajstić information content (AvgIpc) is 2.26. The van der Waals surface area contributed by atoms with E-state index in [0.717, 1.165) is 0 Å². The first-order valence-corrected chi connectivity index (χ1v) is 5.50. The number of ether oxygens (including phenoxy) is 1. The number of rotatable bonds is 6. The van der Waals surface area contributed by atoms with Crippen molar-refractivity contribution in [3.63, 3.8) is 0 Å². The Morgan fingerprint density at radius 1 is 1.35 bits per heavy atom. The normalized spacial score (nSPS) is 12.5. The average molecular weight is 241 g/mol. The molecule has 1 rings (SSSR count). The third-order valence-electron chi connectivity index (χ3n) is 2.21. The summed E-state index contributed by atoms with van der Waals surface area (Å²) in [4.78, 5) is 9.92. The first-order chi connectivity index (χ1) is 7.99. The van der Waals surface area contributed by atoms with E-state index >= 15 is 0 Å². The Morgan fingerprint density at radius 3 is 2.41 bits per heavy atom. The van der Waals surface area contributed by atoms with Crippen molar-refractivity contribution in [2.24, 2.45) is 5.92 Å². The molecule has 1 aromatic carbocycles. The zero-order valence-corrected chi connectivity index (χ0v) is 9.93. The maximum atomic E-state index is 13.3. The summed E-state index contributed by atoms with van der Waals surface area (Å²) in [7, 11) is 0. The molecule has 0 aromatic heterocycles. The highest BCUT2D eigenvalue weighted by Crippen LogP contribution is 2.18. The molecule has 0 saturated heterocycles. The van der Waals surface area contributed by atoms with E-state index < -0.39 is 11.1 Å². The summed E-state index contributed by atoms with van der Waals surface area (Å²) in [6.07, 6.45) is -0.558. The van der Waals surface area contributed by atoms with E-state index in [2.05, 4.69) is 0 Å². The SMILES string of the molecule is CC(C)C[C@H](F)COc1ccc([N+](=O)[O-])cc1. The summed E-state index contributed by atoms with van der Waals surface area (Å²) in [5.74, 6) is 0.729. The van der Waals surface area contributed by atoms with Crippen LogP contribution >= 0.6 is 0 Å². The highest BCUT2D eigenvalue weighted by Gasteiger charge is 2.10. The smallest absolute Gasteiger partial charge is 0.269 e. The van der Waals surface area contributed by atoms with Gasteiger partial charge in [0.2, 0.25) is 0 Å². The van der Waals surface area contributed by atoms with Crippen LogP contribution in [-0.2, 0) is 0 Å². The van der Waals surface area contributed by atoms with Gasteiger partial charge >= 0.3 is 0 Å². The Hall–Kier alpha value is -1.65. The fourth-order valence-corrected chi connectivity index (χ4v) is 1.43. The van der Waals surface area contributed by atoms with Crippen LogP contribution < -0.4 is 4.74 Å². The minimum Gasteiger partial charge on any atom is -0.491 e. The Bertz CT molecular complexity index is 365. The van der Waals surface area contributed by atoms with Gasteiger partial charge in [0, 0.05) is 12.1 Å². The molecule has 1 aromatic rings. The van der Waals surface area contributed by atoms with Crippen molar-refractivity contribution in [1.82, 2.24) is 0 Å². The number of hydrogen-bond donors (Lipinski definition) is 0. The van der Waals surface area contributed by atoms with E-state index in [4.69, 9.17) is 4.74 Å². The lowest BCUT2D eigenvalue weighted by Gasteiger charge is -2.12. The lowest BCUT2D eigenvalue weighted by Crippen LogP contribution is -2.15. The maximum absolute atomic E-state index is 13.3. The molecule has 0 saturated carbocycles. The Labute approximate surface area is 99.6 Å². The molecule has 0 fully saturated rings. The standard InChI is InChI=1S/C12H16FNO3/c1-9(2)7-10(13)8-17-12-5-3-11(4-6-12)14(15)16/h3-6,9-10H,7-8H2,1-2H3/t10-/m0/s1. The Kier molecular flexibility index (Phi) is 4.87. The van der Waals surface area contributed by atoms with Crippen molar-refractivity contribution in [1.29, 1.82) is 0 Å². The first-order valence-electron chi connectivity index (χ1n) is 5.50. The Morgan fingerprint density at radius 2 is 1.94 bits per heavy atom. The van der Waals surface area contributed by atoms with Crippen LogP contribution in [0.2, 0.25) is 0 Å². The van der Waals surface area contributed by atoms with Gasteiger partial charge in [-0.15, -0.1) is 0 Å². The third kappa shape index (κ3) is 4.80. The quantitative estimate of drug-likeness (QED) is 0.566. The van der Waals surface area contributed by atoms with Crippen LogP contribution in [0.1, 0.15) is 20.3 Å². The van der Waals surface area contributed by atoms with Crippen molar-refractivity contribution < 1.29 is 14.1 Å². The zero-order valence-electron chi connectivity index (χ0n) is 9.93. The lowest BCUT2D eigenvalue weighted by molar-refractivity contribution is -0.384. The minimum atomic E-state index is -1.01. The van der Waals surface area contributed by atoms with Crippen molar-refractivity contribution in [2.75, 3.05) is 6.61 Å². The number of nitro groups is 1. The summed E-state index contributed by atoms with van der Waals surface area (Å²) in [5, 5.41) is 10.4. The molecule has 0 aliphatic carbocycles. The summed E-state index contributed by atoms with van der Waals surface area (Å²) in [6.45, 7) is 3.87. The Balaban J connectivity index is 2.44. The van der Waals surface area contributed by atoms with Gasteiger partial charge in [-0.1, -0.05) is 13.8 Å². The zero-order chi connectivity index (χ0) is 12.8. The van der Waals surface area contributed by atoms with E-state index in [1.165, 1.54) is 24.3 Å². The van der Waals surface area contributed by atoms with Crippen LogP contribution in [0.4, 0.5) is 10.1 Å². The second kappa shape index (κ2) is 6.18. The highest BCUT2D eigenvalue weighted by atomic mass is 19.1. The number of alkyl halides is 1. The van der Waals surface area contributed by atoms with E-state index in [1.807, 2.05) is 13.8 Å². The van der Waals surface area contributed by atoms with Crippen LogP contribution in [-0.4, -0.2) is 17.7 Å². The predicted molar refractivity (Wildman–Crippen MR) is 62.9 cm³/mol. The van der Waals surface area contributed by atoms with Gasteiger partial charge in [0.25, 0.3) is 5.69 Å². The summed E-state index contributed by atoms with van der Waals surface area (Å²) in [5.41, 5.74) is -0.00340. The molecule has 0 unspecified atom stereocenters. The topological polar surface area (TPSA) is 52.4 Å². The molecule has 0 spiro atoms. The molecule has 0 heterocycles. The predicted octanol–water partition coefficient (Wildman–Crippen LogP) is 3.36. The van der Waals surface area contributed by atoms with Crippen molar-refractivity contribution in [3.8, 4) is 5.75 Å². The summed E-state index contributed by atoms with van der Waals surface area (Å²) >= 11 is 0. The van der Waals surface area contributed by atoms with Gasteiger partial charge in [-0.05, 0) is 24.5 Å². The van der Waals surface area contributed by atoms with Gasteiger partial charge < -0.3 is 4.74 Å². The van der Waals surface area contributed by atoms with Gasteiger partial charge in [-0.3, -0.25) is 10.1 Å². The van der Waals surface area contributed by atoms with Crippen LogP contribution in [0.5, 0.6) is 5.75 Å². The molecule has 17 heavy (non-hydrogen) atoms. The second-order valence-corrected chi connectivity index (χ2v) is 4.29. The molecule has 0 bridgehead atoms. The fraction of sp³-hybridized carbons (Fsp3) is 0.500. The van der Waals surface area contributed by atoms with Crippen LogP contribution in [0.3, 0.4) is 0 Å². The van der Waals surface area contributed by atoms with Gasteiger partial charge in [-0.2, -0.15) is 0 Å². The fourth-order valence-electron chi connectivity index (χ4n) is 1.43. The molecule has 0 aliphatic heterocycles. The molecule has 5 heteroatoms. The molecule has 1 atom stereocenters. The summed E-state index contributed by atoms with van der Waals surface area (Å²) in [6, 6.07) is 5.62. The van der Waals surface area contributed by atoms with Crippen LogP contribution in [0.25, 0.3) is 0 Å². The number of non-ortho nitro benzene ring substituents is 1. The molecule has 0 N–H and O–H groups in total. The van der Waals surface area contributed by atoms with Gasteiger partial charge in [0.15, 0.2) is 0 Å². The molecular weight excluding hydrogens is 225 g/mol. The minimum absolute atomic E-state index is 0.00340. The van der Waals surface area contributed by atoms with E-state index in [1.54, 1.807) is 0 Å². The first kappa shape index (κ1) is 13.4. The molecular formula is C12H16FNO3. The molecule has 0 amide bonds. The molecule has 0 aliphatic rings. The maximum Gasteiger partial charge on any atom is 0.269 e. The third-order valence-corrected chi connectivity index (χ3v) is 2.21. The van der Waals surface area contributed by atoms with Crippen molar-refractivity contribution in [2.45, 2.75) is 26.4 Å². The van der Waals surface area contributed by atoms with E-state index in [-0.39, 0.29) is 18.2 Å². The largest absolute Gasteiger partial charge is 0.491 e.